The SMILES string of the molecule is Cn1cncc1CN(c1ccc(C#N)cc1)C(N)CC(=O)OC(C)(C)C. The minimum atomic E-state index is -0.576. The third-order valence-corrected chi connectivity index (χ3v) is 3.77. The van der Waals surface area contributed by atoms with Gasteiger partial charge in [0.2, 0.25) is 0 Å². The molecule has 1 unspecified atom stereocenters. The fourth-order valence-corrected chi connectivity index (χ4v) is 2.50. The molecule has 0 saturated heterocycles. The van der Waals surface area contributed by atoms with E-state index in [4.69, 9.17) is 15.7 Å². The summed E-state index contributed by atoms with van der Waals surface area (Å²) in [5.74, 6) is -0.353. The summed E-state index contributed by atoms with van der Waals surface area (Å²) in [6.07, 6.45) is 2.95. The fraction of sp³-hybridized carbons (Fsp3) is 0.421. The second-order valence-electron chi connectivity index (χ2n) is 7.14. The molecule has 7 nitrogen and oxygen atoms in total. The zero-order valence-electron chi connectivity index (χ0n) is 15.6. The Balaban J connectivity index is 2.22. The predicted molar refractivity (Wildman–Crippen MR) is 99.0 cm³/mol. The summed E-state index contributed by atoms with van der Waals surface area (Å²) in [4.78, 5) is 18.2. The van der Waals surface area contributed by atoms with Gasteiger partial charge in [0.1, 0.15) is 5.60 Å². The highest BCUT2D eigenvalue weighted by molar-refractivity contribution is 5.71. The van der Waals surface area contributed by atoms with Gasteiger partial charge in [-0.3, -0.25) is 4.79 Å². The first-order valence-corrected chi connectivity index (χ1v) is 8.39. The number of imidazole rings is 1. The van der Waals surface area contributed by atoms with Crippen LogP contribution >= 0.6 is 0 Å². The maximum absolute atomic E-state index is 12.2. The quantitative estimate of drug-likeness (QED) is 0.631. The van der Waals surface area contributed by atoms with Crippen molar-refractivity contribution < 1.29 is 9.53 Å². The monoisotopic (exact) mass is 355 g/mol. The van der Waals surface area contributed by atoms with Crippen molar-refractivity contribution in [1.29, 1.82) is 5.26 Å². The molecule has 26 heavy (non-hydrogen) atoms. The van der Waals surface area contributed by atoms with E-state index in [1.165, 1.54) is 0 Å². The van der Waals surface area contributed by atoms with E-state index >= 15 is 0 Å². The van der Waals surface area contributed by atoms with Crippen molar-refractivity contribution in [2.75, 3.05) is 4.90 Å². The van der Waals surface area contributed by atoms with Crippen molar-refractivity contribution in [3.8, 4) is 6.07 Å². The molecule has 0 spiro atoms. The van der Waals surface area contributed by atoms with Crippen molar-refractivity contribution in [2.45, 2.75) is 45.5 Å². The Morgan fingerprint density at radius 1 is 1.38 bits per heavy atom. The van der Waals surface area contributed by atoms with Crippen molar-refractivity contribution in [2.24, 2.45) is 12.8 Å². The average molecular weight is 355 g/mol. The predicted octanol–water partition coefficient (Wildman–Crippen LogP) is 2.31. The first-order valence-electron chi connectivity index (χ1n) is 8.39. The highest BCUT2D eigenvalue weighted by Gasteiger charge is 2.23. The van der Waals surface area contributed by atoms with Gasteiger partial charge in [0.05, 0.1) is 42.8 Å². The zero-order valence-corrected chi connectivity index (χ0v) is 15.6. The maximum atomic E-state index is 12.2. The van der Waals surface area contributed by atoms with E-state index < -0.39 is 11.8 Å². The number of esters is 1. The lowest BCUT2D eigenvalue weighted by atomic mass is 10.1. The molecular formula is C19H25N5O2. The van der Waals surface area contributed by atoms with Crippen molar-refractivity contribution in [1.82, 2.24) is 9.55 Å². The molecule has 1 atom stereocenters. The number of nitrogens with two attached hydrogens (primary N) is 1. The van der Waals surface area contributed by atoms with Gasteiger partial charge in [0.25, 0.3) is 0 Å². The molecule has 0 aliphatic rings. The van der Waals surface area contributed by atoms with Gasteiger partial charge < -0.3 is 19.9 Å². The number of hydrogen-bond acceptors (Lipinski definition) is 6. The molecule has 0 aliphatic heterocycles. The number of aromatic nitrogens is 2. The van der Waals surface area contributed by atoms with Crippen molar-refractivity contribution in [3.63, 3.8) is 0 Å². The van der Waals surface area contributed by atoms with Crippen LogP contribution in [-0.2, 0) is 23.1 Å². The van der Waals surface area contributed by atoms with E-state index in [0.29, 0.717) is 12.1 Å². The number of ether oxygens (including phenoxy) is 1. The minimum Gasteiger partial charge on any atom is -0.460 e. The smallest absolute Gasteiger partial charge is 0.309 e. The number of aryl methyl sites for hydroxylation is 1. The highest BCUT2D eigenvalue weighted by atomic mass is 16.6. The van der Waals surface area contributed by atoms with Crippen molar-refractivity contribution in [3.05, 3.63) is 48.0 Å². The Hall–Kier alpha value is -2.85. The standard InChI is InChI=1S/C19H25N5O2/c1-19(2,3)26-18(25)9-17(21)24(12-16-11-22-13-23(16)4)15-7-5-14(10-20)6-8-15/h5-8,11,13,17H,9,12,21H2,1-4H3. The van der Waals surface area contributed by atoms with Gasteiger partial charge in [0.15, 0.2) is 0 Å². The molecule has 0 fully saturated rings. The van der Waals surface area contributed by atoms with Crippen LogP contribution in [0.4, 0.5) is 5.69 Å². The summed E-state index contributed by atoms with van der Waals surface area (Å²) in [7, 11) is 1.90. The lowest BCUT2D eigenvalue weighted by Gasteiger charge is -2.31. The molecule has 1 heterocycles. The Morgan fingerprint density at radius 3 is 2.54 bits per heavy atom. The van der Waals surface area contributed by atoms with Gasteiger partial charge in [0, 0.05) is 18.9 Å². The van der Waals surface area contributed by atoms with Crippen molar-refractivity contribution >= 4 is 11.7 Å². The first kappa shape index (κ1) is 19.5. The molecule has 2 rings (SSSR count). The number of anilines is 1. The molecule has 0 aliphatic carbocycles. The maximum Gasteiger partial charge on any atom is 0.309 e. The summed E-state index contributed by atoms with van der Waals surface area (Å²) in [5.41, 5.74) is 8.12. The van der Waals surface area contributed by atoms with Crippen LogP contribution in [0.1, 0.15) is 38.4 Å². The molecule has 2 aromatic rings. The number of rotatable bonds is 6. The molecular weight excluding hydrogens is 330 g/mol. The van der Waals surface area contributed by atoms with E-state index in [0.717, 1.165) is 11.4 Å². The topological polar surface area (TPSA) is 97.2 Å². The van der Waals surface area contributed by atoms with E-state index in [1.54, 1.807) is 24.7 Å². The van der Waals surface area contributed by atoms with Crippen LogP contribution in [-0.4, -0.2) is 27.3 Å². The Labute approximate surface area is 154 Å². The van der Waals surface area contributed by atoms with E-state index in [1.807, 2.05) is 49.4 Å². The molecule has 0 radical (unpaired) electrons. The van der Waals surface area contributed by atoms with Gasteiger partial charge in [-0.15, -0.1) is 0 Å². The molecule has 2 N–H and O–H groups in total. The Morgan fingerprint density at radius 2 is 2.04 bits per heavy atom. The van der Waals surface area contributed by atoms with Crippen LogP contribution in [0.5, 0.6) is 0 Å². The summed E-state index contributed by atoms with van der Waals surface area (Å²) in [6, 6.07) is 9.20. The number of carbonyl (C=O) groups excluding carboxylic acids is 1. The Bertz CT molecular complexity index is 783. The van der Waals surface area contributed by atoms with E-state index in [-0.39, 0.29) is 12.4 Å². The number of benzene rings is 1. The lowest BCUT2D eigenvalue weighted by molar-refractivity contribution is -0.155. The Kier molecular flexibility index (Phi) is 6.01. The number of nitrogens with zero attached hydrogens (tertiary/aromatic N) is 4. The number of carbonyl (C=O) groups is 1. The minimum absolute atomic E-state index is 0.0507. The summed E-state index contributed by atoms with van der Waals surface area (Å²) >= 11 is 0. The van der Waals surface area contributed by atoms with Gasteiger partial charge in [-0.1, -0.05) is 0 Å². The lowest BCUT2D eigenvalue weighted by Crippen LogP contribution is -2.44. The zero-order chi connectivity index (χ0) is 19.3. The van der Waals surface area contributed by atoms with Gasteiger partial charge in [-0.25, -0.2) is 4.98 Å². The summed E-state index contributed by atoms with van der Waals surface area (Å²) in [5, 5.41) is 8.99. The van der Waals surface area contributed by atoms with E-state index in [2.05, 4.69) is 11.1 Å². The fourth-order valence-electron chi connectivity index (χ4n) is 2.50. The largest absolute Gasteiger partial charge is 0.460 e. The summed E-state index contributed by atoms with van der Waals surface area (Å²) < 4.78 is 7.28. The second-order valence-corrected chi connectivity index (χ2v) is 7.14. The molecule has 1 aromatic carbocycles. The first-order chi connectivity index (χ1) is 12.2. The van der Waals surface area contributed by atoms with Crippen LogP contribution < -0.4 is 10.6 Å². The summed E-state index contributed by atoms with van der Waals surface area (Å²) in [6.45, 7) is 5.95. The highest BCUT2D eigenvalue weighted by Crippen LogP contribution is 2.21. The van der Waals surface area contributed by atoms with Crippen LogP contribution in [0, 0.1) is 11.3 Å². The van der Waals surface area contributed by atoms with Crippen LogP contribution in [0.25, 0.3) is 0 Å². The van der Waals surface area contributed by atoms with Crippen LogP contribution in [0.15, 0.2) is 36.8 Å². The van der Waals surface area contributed by atoms with Gasteiger partial charge in [-0.05, 0) is 45.0 Å². The van der Waals surface area contributed by atoms with E-state index in [9.17, 15) is 4.79 Å². The molecule has 7 heteroatoms. The number of hydrogen-bond donors (Lipinski definition) is 1. The molecule has 0 bridgehead atoms. The van der Waals surface area contributed by atoms with Gasteiger partial charge in [-0.2, -0.15) is 5.26 Å². The second kappa shape index (κ2) is 8.02. The third kappa shape index (κ3) is 5.33. The van der Waals surface area contributed by atoms with Crippen LogP contribution in [0.2, 0.25) is 0 Å². The molecule has 1 aromatic heterocycles. The molecule has 0 amide bonds. The van der Waals surface area contributed by atoms with Crippen LogP contribution in [0.3, 0.4) is 0 Å². The molecule has 0 saturated carbocycles. The number of nitriles is 1. The van der Waals surface area contributed by atoms with Gasteiger partial charge >= 0.3 is 5.97 Å². The molecule has 138 valence electrons. The average Bonchev–Trinajstić information content (AvgIpc) is 2.95. The normalized spacial score (nSPS) is 12.3. The third-order valence-electron chi connectivity index (χ3n) is 3.77.